The van der Waals surface area contributed by atoms with Gasteiger partial charge in [-0.2, -0.15) is 0 Å². The number of carbonyl (C=O) groups excluding carboxylic acids is 1. The molecular weight excluding hydrogens is 298 g/mol. The lowest BCUT2D eigenvalue weighted by Gasteiger charge is -2.33. The SMILES string of the molecule is O=C1NC(c2cccc([N+](=O)[O-])c2)CCN1c1ccccc1O. The molecule has 0 aliphatic carbocycles. The van der Waals surface area contributed by atoms with Crippen LogP contribution in [0.25, 0.3) is 0 Å². The standard InChI is InChI=1S/C16H15N3O4/c20-15-7-2-1-6-14(15)18-9-8-13(17-16(18)21)11-4-3-5-12(10-11)19(22)23/h1-7,10,13,20H,8-9H2,(H,17,21). The number of rotatable bonds is 3. The van der Waals surface area contributed by atoms with Gasteiger partial charge in [-0.05, 0) is 24.1 Å². The van der Waals surface area contributed by atoms with Crippen molar-refractivity contribution in [1.82, 2.24) is 5.32 Å². The van der Waals surface area contributed by atoms with Gasteiger partial charge in [-0.25, -0.2) is 4.79 Å². The van der Waals surface area contributed by atoms with Crippen LogP contribution >= 0.6 is 0 Å². The Bertz CT molecular complexity index is 762. The summed E-state index contributed by atoms with van der Waals surface area (Å²) in [6, 6.07) is 12.3. The maximum absolute atomic E-state index is 12.3. The zero-order valence-corrected chi connectivity index (χ0v) is 12.2. The van der Waals surface area contributed by atoms with Crippen LogP contribution in [-0.4, -0.2) is 22.6 Å². The van der Waals surface area contributed by atoms with E-state index < -0.39 is 4.92 Å². The zero-order valence-electron chi connectivity index (χ0n) is 12.2. The van der Waals surface area contributed by atoms with Gasteiger partial charge < -0.3 is 10.4 Å². The number of carbonyl (C=O) groups is 1. The average Bonchev–Trinajstić information content (AvgIpc) is 2.56. The van der Waals surface area contributed by atoms with Crippen molar-refractivity contribution < 1.29 is 14.8 Å². The number of anilines is 1. The first kappa shape index (κ1) is 14.8. The molecule has 0 radical (unpaired) electrons. The van der Waals surface area contributed by atoms with Crippen molar-refractivity contribution in [2.24, 2.45) is 0 Å². The monoisotopic (exact) mass is 313 g/mol. The number of hydrogen-bond donors (Lipinski definition) is 2. The molecule has 2 amide bonds. The molecule has 0 bridgehead atoms. The molecule has 1 saturated heterocycles. The lowest BCUT2D eigenvalue weighted by Crippen LogP contribution is -2.48. The smallest absolute Gasteiger partial charge is 0.322 e. The molecule has 0 spiro atoms. The van der Waals surface area contributed by atoms with Gasteiger partial charge in [0.2, 0.25) is 0 Å². The van der Waals surface area contributed by atoms with E-state index in [0.29, 0.717) is 24.2 Å². The Balaban J connectivity index is 1.79. The van der Waals surface area contributed by atoms with Gasteiger partial charge in [0.25, 0.3) is 5.69 Å². The number of nitrogens with one attached hydrogen (secondary N) is 1. The second-order valence-corrected chi connectivity index (χ2v) is 5.28. The maximum atomic E-state index is 12.3. The van der Waals surface area contributed by atoms with E-state index >= 15 is 0 Å². The minimum Gasteiger partial charge on any atom is -0.506 e. The largest absolute Gasteiger partial charge is 0.506 e. The van der Waals surface area contributed by atoms with Crippen LogP contribution in [0.15, 0.2) is 48.5 Å². The van der Waals surface area contributed by atoms with Gasteiger partial charge in [0.15, 0.2) is 0 Å². The molecule has 7 nitrogen and oxygen atoms in total. The van der Waals surface area contributed by atoms with Crippen LogP contribution in [0.2, 0.25) is 0 Å². The molecule has 0 aromatic heterocycles. The van der Waals surface area contributed by atoms with Crippen molar-refractivity contribution >= 4 is 17.4 Å². The summed E-state index contributed by atoms with van der Waals surface area (Å²) in [5.41, 5.74) is 1.15. The Kier molecular flexibility index (Phi) is 3.84. The Morgan fingerprint density at radius 2 is 2.00 bits per heavy atom. The van der Waals surface area contributed by atoms with Crippen LogP contribution in [-0.2, 0) is 0 Å². The van der Waals surface area contributed by atoms with Gasteiger partial charge in [-0.3, -0.25) is 15.0 Å². The summed E-state index contributed by atoms with van der Waals surface area (Å²) >= 11 is 0. The first-order valence-electron chi connectivity index (χ1n) is 7.16. The van der Waals surface area contributed by atoms with E-state index in [0.717, 1.165) is 0 Å². The summed E-state index contributed by atoms with van der Waals surface area (Å²) in [6.07, 6.45) is 0.585. The molecule has 23 heavy (non-hydrogen) atoms. The highest BCUT2D eigenvalue weighted by Gasteiger charge is 2.28. The van der Waals surface area contributed by atoms with Gasteiger partial charge >= 0.3 is 6.03 Å². The molecule has 1 heterocycles. The quantitative estimate of drug-likeness (QED) is 0.672. The summed E-state index contributed by atoms with van der Waals surface area (Å²) in [5, 5.41) is 23.5. The number of hydrogen-bond acceptors (Lipinski definition) is 4. The molecule has 1 aliphatic rings. The highest BCUT2D eigenvalue weighted by atomic mass is 16.6. The van der Waals surface area contributed by atoms with Crippen molar-refractivity contribution in [2.45, 2.75) is 12.5 Å². The molecule has 1 aliphatic heterocycles. The number of nitrogens with zero attached hydrogens (tertiary/aromatic N) is 2. The number of phenolic OH excluding ortho intramolecular Hbond substituents is 1. The maximum Gasteiger partial charge on any atom is 0.322 e. The first-order valence-corrected chi connectivity index (χ1v) is 7.16. The molecule has 0 saturated carbocycles. The molecule has 1 atom stereocenters. The Morgan fingerprint density at radius 3 is 2.70 bits per heavy atom. The van der Waals surface area contributed by atoms with Crippen LogP contribution in [0.1, 0.15) is 18.0 Å². The first-order chi connectivity index (χ1) is 11.1. The summed E-state index contributed by atoms with van der Waals surface area (Å²) in [6.45, 7) is 0.413. The molecule has 3 rings (SSSR count). The van der Waals surface area contributed by atoms with Crippen LogP contribution in [0.4, 0.5) is 16.2 Å². The van der Waals surface area contributed by atoms with Crippen molar-refractivity contribution in [3.63, 3.8) is 0 Å². The summed E-state index contributed by atoms with van der Waals surface area (Å²) in [5.74, 6) is 0.0384. The molecule has 2 aromatic rings. The van der Waals surface area contributed by atoms with Crippen LogP contribution in [0.3, 0.4) is 0 Å². The van der Waals surface area contributed by atoms with Crippen molar-refractivity contribution in [3.05, 3.63) is 64.2 Å². The third-order valence-corrected chi connectivity index (χ3v) is 3.84. The number of amides is 2. The number of aromatic hydroxyl groups is 1. The van der Waals surface area contributed by atoms with Crippen molar-refractivity contribution in [3.8, 4) is 5.75 Å². The average molecular weight is 313 g/mol. The highest BCUT2D eigenvalue weighted by molar-refractivity contribution is 5.94. The third kappa shape index (κ3) is 2.94. The predicted molar refractivity (Wildman–Crippen MR) is 84.4 cm³/mol. The minimum absolute atomic E-state index is 0.000109. The molecular formula is C16H15N3O4. The Labute approximate surface area is 132 Å². The lowest BCUT2D eigenvalue weighted by atomic mass is 10.0. The number of benzene rings is 2. The van der Waals surface area contributed by atoms with Crippen LogP contribution in [0, 0.1) is 10.1 Å². The fraction of sp³-hybridized carbons (Fsp3) is 0.188. The second kappa shape index (κ2) is 5.96. The number of nitro benzene ring substituents is 1. The van der Waals surface area contributed by atoms with E-state index in [4.69, 9.17) is 0 Å². The van der Waals surface area contributed by atoms with Gasteiger partial charge in [0, 0.05) is 18.7 Å². The Morgan fingerprint density at radius 1 is 1.22 bits per heavy atom. The summed E-state index contributed by atoms with van der Waals surface area (Å²) in [7, 11) is 0. The molecule has 7 heteroatoms. The van der Waals surface area contributed by atoms with E-state index in [2.05, 4.69) is 5.32 Å². The number of para-hydroxylation sites is 2. The second-order valence-electron chi connectivity index (χ2n) is 5.28. The Hall–Kier alpha value is -3.09. The topological polar surface area (TPSA) is 95.7 Å². The zero-order chi connectivity index (χ0) is 16.4. The van der Waals surface area contributed by atoms with E-state index in [1.807, 2.05) is 0 Å². The summed E-state index contributed by atoms with van der Waals surface area (Å²) < 4.78 is 0. The normalized spacial score (nSPS) is 17.7. The molecule has 2 N–H and O–H groups in total. The van der Waals surface area contributed by atoms with Crippen LogP contribution in [0.5, 0.6) is 5.75 Å². The number of urea groups is 1. The van der Waals surface area contributed by atoms with Gasteiger partial charge in [0.05, 0.1) is 16.7 Å². The number of nitro groups is 1. The highest BCUT2D eigenvalue weighted by Crippen LogP contribution is 2.31. The van der Waals surface area contributed by atoms with E-state index in [9.17, 15) is 20.0 Å². The number of non-ortho nitro benzene ring substituents is 1. The number of phenols is 1. The fourth-order valence-electron chi connectivity index (χ4n) is 2.69. The van der Waals surface area contributed by atoms with Gasteiger partial charge in [-0.15, -0.1) is 0 Å². The molecule has 118 valence electrons. The van der Waals surface area contributed by atoms with Crippen molar-refractivity contribution in [2.75, 3.05) is 11.4 Å². The van der Waals surface area contributed by atoms with E-state index in [-0.39, 0.29) is 23.5 Å². The van der Waals surface area contributed by atoms with Gasteiger partial charge in [-0.1, -0.05) is 24.3 Å². The molecule has 2 aromatic carbocycles. The minimum atomic E-state index is -0.456. The van der Waals surface area contributed by atoms with Gasteiger partial charge in [0.1, 0.15) is 5.75 Å². The summed E-state index contributed by atoms with van der Waals surface area (Å²) in [4.78, 5) is 24.2. The van der Waals surface area contributed by atoms with Crippen LogP contribution < -0.4 is 10.2 Å². The molecule has 1 fully saturated rings. The van der Waals surface area contributed by atoms with Crippen molar-refractivity contribution in [1.29, 1.82) is 0 Å². The molecule has 1 unspecified atom stereocenters. The third-order valence-electron chi connectivity index (χ3n) is 3.84. The fourth-order valence-corrected chi connectivity index (χ4v) is 2.69. The van der Waals surface area contributed by atoms with E-state index in [1.54, 1.807) is 30.3 Å². The predicted octanol–water partition coefficient (Wildman–Crippen LogP) is 2.96. The van der Waals surface area contributed by atoms with E-state index in [1.165, 1.54) is 23.1 Å². The lowest BCUT2D eigenvalue weighted by molar-refractivity contribution is -0.384.